The molecule has 22 heavy (non-hydrogen) atoms. The van der Waals surface area contributed by atoms with E-state index in [1.54, 1.807) is 23.7 Å². The van der Waals surface area contributed by atoms with Gasteiger partial charge in [0.05, 0.1) is 5.69 Å². The summed E-state index contributed by atoms with van der Waals surface area (Å²) < 4.78 is 1.69. The van der Waals surface area contributed by atoms with Crippen LogP contribution in [-0.4, -0.2) is 57.5 Å². The number of hydrogen-bond acceptors (Lipinski definition) is 5. The maximum Gasteiger partial charge on any atom is 0.244 e. The third-order valence-electron chi connectivity index (χ3n) is 3.87. The molecule has 0 bridgehead atoms. The van der Waals surface area contributed by atoms with Gasteiger partial charge in [-0.15, -0.1) is 10.2 Å². The van der Waals surface area contributed by atoms with Crippen LogP contribution in [0.25, 0.3) is 5.82 Å². The lowest BCUT2D eigenvalue weighted by Gasteiger charge is -2.26. The smallest absolute Gasteiger partial charge is 0.244 e. The van der Waals surface area contributed by atoms with Gasteiger partial charge in [0.25, 0.3) is 0 Å². The van der Waals surface area contributed by atoms with E-state index in [0.29, 0.717) is 5.82 Å². The molecule has 0 aliphatic carbocycles. The molecule has 2 aromatic heterocycles. The number of amides is 1. The first-order chi connectivity index (χ1) is 10.6. The second-order valence-corrected chi connectivity index (χ2v) is 5.74. The number of hydrogen-bond donors (Lipinski definition) is 0. The Bertz CT molecular complexity index is 663. The number of anilines is 1. The minimum atomic E-state index is -0.137. The van der Waals surface area contributed by atoms with Crippen LogP contribution in [-0.2, 0) is 4.79 Å². The van der Waals surface area contributed by atoms with Gasteiger partial charge in [-0.3, -0.25) is 4.79 Å². The van der Waals surface area contributed by atoms with Gasteiger partial charge in [0.2, 0.25) is 5.91 Å². The second-order valence-electron chi connectivity index (χ2n) is 5.74. The minimum absolute atomic E-state index is 0.117. The maximum atomic E-state index is 12.2. The summed E-state index contributed by atoms with van der Waals surface area (Å²) in [6, 6.07) is 5.56. The van der Waals surface area contributed by atoms with Crippen LogP contribution in [0.15, 0.2) is 24.4 Å². The van der Waals surface area contributed by atoms with Crippen molar-refractivity contribution >= 4 is 11.7 Å². The molecular formula is C15H20N6O. The average molecular weight is 300 g/mol. The van der Waals surface area contributed by atoms with Crippen molar-refractivity contribution < 1.29 is 4.79 Å². The first-order valence-corrected chi connectivity index (χ1v) is 7.40. The van der Waals surface area contributed by atoms with Crippen molar-refractivity contribution in [1.82, 2.24) is 24.9 Å². The molecule has 7 heteroatoms. The summed E-state index contributed by atoms with van der Waals surface area (Å²) in [6.45, 7) is 2.76. The third kappa shape index (κ3) is 2.66. The molecule has 0 saturated carbocycles. The highest BCUT2D eigenvalue weighted by molar-refractivity contribution is 5.85. The number of nitrogens with zero attached hydrogens (tertiary/aromatic N) is 6. The zero-order valence-corrected chi connectivity index (χ0v) is 13.1. The zero-order valence-electron chi connectivity index (χ0n) is 13.1. The SMILES string of the molecule is Cc1ccn(-c2ccc(N3CCCC3C(=O)N(C)C)nn2)n1. The summed E-state index contributed by atoms with van der Waals surface area (Å²) in [7, 11) is 3.57. The molecule has 3 rings (SSSR count). The zero-order chi connectivity index (χ0) is 15.7. The van der Waals surface area contributed by atoms with Crippen LogP contribution in [0.3, 0.4) is 0 Å². The van der Waals surface area contributed by atoms with Gasteiger partial charge in [0.15, 0.2) is 11.6 Å². The normalized spacial score (nSPS) is 17.8. The minimum Gasteiger partial charge on any atom is -0.347 e. The van der Waals surface area contributed by atoms with Gasteiger partial charge in [0, 0.05) is 26.8 Å². The monoisotopic (exact) mass is 300 g/mol. The van der Waals surface area contributed by atoms with E-state index in [2.05, 4.69) is 15.3 Å². The highest BCUT2D eigenvalue weighted by Gasteiger charge is 2.32. The Hall–Kier alpha value is -2.44. The van der Waals surface area contributed by atoms with Crippen molar-refractivity contribution in [2.24, 2.45) is 0 Å². The average Bonchev–Trinajstić information content (AvgIpc) is 3.15. The van der Waals surface area contributed by atoms with Crippen LogP contribution >= 0.6 is 0 Å². The van der Waals surface area contributed by atoms with Gasteiger partial charge < -0.3 is 9.80 Å². The Morgan fingerprint density at radius 3 is 2.55 bits per heavy atom. The Balaban J connectivity index is 1.81. The molecule has 0 N–H and O–H groups in total. The van der Waals surface area contributed by atoms with Crippen molar-refractivity contribution in [2.75, 3.05) is 25.5 Å². The van der Waals surface area contributed by atoms with Gasteiger partial charge in [-0.2, -0.15) is 5.10 Å². The number of rotatable bonds is 3. The second kappa shape index (κ2) is 5.75. The fraction of sp³-hybridized carbons (Fsp3) is 0.467. The Labute approximate surface area is 129 Å². The Kier molecular flexibility index (Phi) is 3.79. The van der Waals surface area contributed by atoms with Crippen molar-refractivity contribution in [1.29, 1.82) is 0 Å². The number of carbonyl (C=O) groups excluding carboxylic acids is 1. The number of carbonyl (C=O) groups is 1. The Morgan fingerprint density at radius 1 is 1.23 bits per heavy atom. The fourth-order valence-corrected chi connectivity index (χ4v) is 2.73. The molecule has 2 aromatic rings. The summed E-state index contributed by atoms with van der Waals surface area (Å²) in [4.78, 5) is 15.9. The van der Waals surface area contributed by atoms with E-state index in [9.17, 15) is 4.79 Å². The van der Waals surface area contributed by atoms with E-state index in [-0.39, 0.29) is 11.9 Å². The molecule has 7 nitrogen and oxygen atoms in total. The quantitative estimate of drug-likeness (QED) is 0.847. The van der Waals surface area contributed by atoms with Crippen LogP contribution in [0.4, 0.5) is 5.82 Å². The molecular weight excluding hydrogens is 280 g/mol. The third-order valence-corrected chi connectivity index (χ3v) is 3.87. The highest BCUT2D eigenvalue weighted by atomic mass is 16.2. The predicted molar refractivity (Wildman–Crippen MR) is 83.0 cm³/mol. The first kappa shape index (κ1) is 14.5. The number of aromatic nitrogens is 4. The largest absolute Gasteiger partial charge is 0.347 e. The van der Waals surface area contributed by atoms with Crippen molar-refractivity contribution in [3.05, 3.63) is 30.1 Å². The van der Waals surface area contributed by atoms with Gasteiger partial charge in [0.1, 0.15) is 6.04 Å². The molecule has 0 spiro atoms. The van der Waals surface area contributed by atoms with Crippen LogP contribution in [0, 0.1) is 6.92 Å². The van der Waals surface area contributed by atoms with Crippen LogP contribution in [0.5, 0.6) is 0 Å². The Morgan fingerprint density at radius 2 is 1.95 bits per heavy atom. The molecule has 1 aliphatic heterocycles. The van der Waals surface area contributed by atoms with Crippen LogP contribution in [0.2, 0.25) is 0 Å². The molecule has 1 aliphatic rings. The number of likely N-dealkylation sites (N-methyl/N-ethyl adjacent to an activating group) is 1. The standard InChI is InChI=1S/C15H20N6O/c1-11-8-10-21(18-11)14-7-6-13(16-17-14)20-9-4-5-12(20)15(22)19(2)3/h6-8,10,12H,4-5,9H2,1-3H3. The highest BCUT2D eigenvalue weighted by Crippen LogP contribution is 2.24. The summed E-state index contributed by atoms with van der Waals surface area (Å²) in [5.74, 6) is 1.53. The van der Waals surface area contributed by atoms with E-state index in [0.717, 1.165) is 30.9 Å². The predicted octanol–water partition coefficient (Wildman–Crippen LogP) is 1.03. The summed E-state index contributed by atoms with van der Waals surface area (Å²) in [6.07, 6.45) is 3.71. The van der Waals surface area contributed by atoms with Crippen molar-refractivity contribution in [3.63, 3.8) is 0 Å². The maximum absolute atomic E-state index is 12.2. The van der Waals surface area contributed by atoms with Gasteiger partial charge in [-0.25, -0.2) is 4.68 Å². The van der Waals surface area contributed by atoms with Gasteiger partial charge >= 0.3 is 0 Å². The summed E-state index contributed by atoms with van der Waals surface area (Å²) >= 11 is 0. The lowest BCUT2D eigenvalue weighted by molar-refractivity contribution is -0.129. The lowest BCUT2D eigenvalue weighted by Crippen LogP contribution is -2.43. The first-order valence-electron chi connectivity index (χ1n) is 7.40. The number of aryl methyl sites for hydroxylation is 1. The van der Waals surface area contributed by atoms with E-state index >= 15 is 0 Å². The van der Waals surface area contributed by atoms with Gasteiger partial charge in [-0.05, 0) is 38.0 Å². The van der Waals surface area contributed by atoms with Crippen molar-refractivity contribution in [2.45, 2.75) is 25.8 Å². The molecule has 1 saturated heterocycles. The molecule has 0 radical (unpaired) electrons. The van der Waals surface area contributed by atoms with Gasteiger partial charge in [-0.1, -0.05) is 0 Å². The van der Waals surface area contributed by atoms with Crippen LogP contribution < -0.4 is 4.90 Å². The van der Waals surface area contributed by atoms with Crippen LogP contribution in [0.1, 0.15) is 18.5 Å². The molecule has 1 fully saturated rings. The van der Waals surface area contributed by atoms with E-state index in [1.807, 2.05) is 36.2 Å². The summed E-state index contributed by atoms with van der Waals surface area (Å²) in [5, 5.41) is 12.8. The molecule has 1 amide bonds. The van der Waals surface area contributed by atoms with E-state index in [4.69, 9.17) is 0 Å². The molecule has 0 aromatic carbocycles. The lowest BCUT2D eigenvalue weighted by atomic mass is 10.2. The molecule has 1 unspecified atom stereocenters. The summed E-state index contributed by atoms with van der Waals surface area (Å²) in [5.41, 5.74) is 0.932. The van der Waals surface area contributed by atoms with E-state index < -0.39 is 0 Å². The molecule has 1 atom stereocenters. The topological polar surface area (TPSA) is 67.2 Å². The molecule has 3 heterocycles. The molecule has 116 valence electrons. The van der Waals surface area contributed by atoms with Crippen molar-refractivity contribution in [3.8, 4) is 5.82 Å². The fourth-order valence-electron chi connectivity index (χ4n) is 2.73. The van der Waals surface area contributed by atoms with E-state index in [1.165, 1.54) is 0 Å².